The predicted molar refractivity (Wildman–Crippen MR) is 186 cm³/mol. The number of carbonyl (C=O) groups is 3. The van der Waals surface area contributed by atoms with Gasteiger partial charge in [0.15, 0.2) is 0 Å². The molecule has 3 aliphatic rings. The first-order valence-corrected chi connectivity index (χ1v) is 19.9. The Kier molecular flexibility index (Phi) is 18.1. The van der Waals surface area contributed by atoms with Crippen LogP contribution in [0.5, 0.6) is 0 Å². The Morgan fingerprint density at radius 3 is 1.94 bits per heavy atom. The van der Waals surface area contributed by atoms with Crippen molar-refractivity contribution in [1.29, 1.82) is 0 Å². The first-order chi connectivity index (χ1) is 23.1. The van der Waals surface area contributed by atoms with Crippen LogP contribution in [-0.4, -0.2) is 120 Å². The number of unbranched alkanes of at least 4 members (excludes halogenated alkanes) is 4. The first-order valence-electron chi connectivity index (χ1n) is 18.6. The SMILES string of the molecule is CC(C)(C)OC(=O)N1CCCC[C@H]1CONC(=O)[C@@H]1CC[C@@H]2CN1C(=O)N2OS(=O)(=O)[O-].CCCC[N+](CCCC)(CCCC)CCCC. The largest absolute Gasteiger partial charge is 0.724 e. The molecule has 4 amide bonds. The van der Waals surface area contributed by atoms with Crippen LogP contribution in [0.4, 0.5) is 9.59 Å². The van der Waals surface area contributed by atoms with Crippen LogP contribution in [0.1, 0.15) is 132 Å². The molecular formula is C34H65N5O9S. The molecule has 0 radical (unpaired) electrons. The van der Waals surface area contributed by atoms with Crippen molar-refractivity contribution in [1.82, 2.24) is 20.3 Å². The standard InChI is InChI=1S/C18H30N4O9S.C16H36N/c1-18(2,3)30-17(25)20-9-5-4-6-13(20)11-29-19-15(23)14-8-7-12-10-21(14)16(24)22(12)31-32(26,27)28;1-5-9-13-17(14-10-6-2,15-11-7-3)16-12-8-4/h12-14H,4-11H2,1-3H3,(H,19,23)(H,26,27,28);5-16H2,1-4H3/q;+1/p-1/t12-,13+,14+;/m1./s1. The number of amides is 4. The van der Waals surface area contributed by atoms with Gasteiger partial charge in [0.2, 0.25) is 10.4 Å². The van der Waals surface area contributed by atoms with Gasteiger partial charge in [-0.1, -0.05) is 53.4 Å². The summed E-state index contributed by atoms with van der Waals surface area (Å²) in [6.07, 6.45) is 13.6. The van der Waals surface area contributed by atoms with Crippen molar-refractivity contribution in [2.45, 2.75) is 156 Å². The van der Waals surface area contributed by atoms with E-state index in [4.69, 9.17) is 9.57 Å². The third-order valence-corrected chi connectivity index (χ3v) is 9.79. The lowest BCUT2D eigenvalue weighted by Gasteiger charge is -2.39. The number of carbonyl (C=O) groups excluding carboxylic acids is 3. The lowest BCUT2D eigenvalue weighted by Crippen LogP contribution is -2.52. The molecular weight excluding hydrogens is 654 g/mol. The average molecular weight is 720 g/mol. The maximum Gasteiger partial charge on any atom is 0.410 e. The van der Waals surface area contributed by atoms with E-state index in [0.29, 0.717) is 18.0 Å². The van der Waals surface area contributed by atoms with Crippen molar-refractivity contribution in [3.63, 3.8) is 0 Å². The summed E-state index contributed by atoms with van der Waals surface area (Å²) in [5.74, 6) is -0.580. The van der Waals surface area contributed by atoms with Gasteiger partial charge in [-0.25, -0.2) is 23.5 Å². The van der Waals surface area contributed by atoms with Crippen molar-refractivity contribution in [2.24, 2.45) is 0 Å². The third-order valence-electron chi connectivity index (χ3n) is 9.44. The van der Waals surface area contributed by atoms with E-state index in [-0.39, 0.29) is 32.0 Å². The highest BCUT2D eigenvalue weighted by atomic mass is 32.3. The summed E-state index contributed by atoms with van der Waals surface area (Å²) in [6.45, 7) is 21.0. The molecule has 0 aromatic carbocycles. The van der Waals surface area contributed by atoms with Crippen molar-refractivity contribution in [2.75, 3.05) is 45.9 Å². The van der Waals surface area contributed by atoms with Gasteiger partial charge in [-0.15, -0.1) is 0 Å². The van der Waals surface area contributed by atoms with E-state index in [1.165, 1.54) is 82.0 Å². The molecule has 0 aliphatic carbocycles. The zero-order valence-corrected chi connectivity index (χ0v) is 32.1. The van der Waals surface area contributed by atoms with Crippen LogP contribution in [0.3, 0.4) is 0 Å². The van der Waals surface area contributed by atoms with Gasteiger partial charge < -0.3 is 23.6 Å². The van der Waals surface area contributed by atoms with Gasteiger partial charge in [-0.2, -0.15) is 9.35 Å². The Morgan fingerprint density at radius 2 is 1.45 bits per heavy atom. The summed E-state index contributed by atoms with van der Waals surface area (Å²) in [5.41, 5.74) is 1.70. The Bertz CT molecular complexity index is 1100. The monoisotopic (exact) mass is 719 g/mol. The molecule has 15 heteroatoms. The van der Waals surface area contributed by atoms with Crippen LogP contribution in [0.15, 0.2) is 0 Å². The van der Waals surface area contributed by atoms with Gasteiger partial charge >= 0.3 is 12.1 Å². The van der Waals surface area contributed by atoms with Gasteiger partial charge in [-0.3, -0.25) is 9.63 Å². The fraction of sp³-hybridized carbons (Fsp3) is 0.912. The number of nitrogens with zero attached hydrogens (tertiary/aromatic N) is 4. The molecule has 0 spiro atoms. The Balaban J connectivity index is 0.000000417. The van der Waals surface area contributed by atoms with Crippen LogP contribution >= 0.6 is 0 Å². The molecule has 286 valence electrons. The quantitative estimate of drug-likeness (QED) is 0.0838. The summed E-state index contributed by atoms with van der Waals surface area (Å²) in [5, 5.41) is 0.511. The van der Waals surface area contributed by atoms with E-state index in [1.807, 2.05) is 0 Å². The molecule has 0 aromatic rings. The number of hydroxylamine groups is 3. The average Bonchev–Trinajstić information content (AvgIpc) is 3.27. The summed E-state index contributed by atoms with van der Waals surface area (Å²) in [4.78, 5) is 45.5. The van der Waals surface area contributed by atoms with Gasteiger partial charge in [0.1, 0.15) is 11.6 Å². The molecule has 14 nitrogen and oxygen atoms in total. The van der Waals surface area contributed by atoms with E-state index in [9.17, 15) is 27.4 Å². The van der Waals surface area contributed by atoms with Gasteiger partial charge in [0.25, 0.3) is 5.91 Å². The maximum absolute atomic E-state index is 12.6. The molecule has 0 unspecified atom stereocenters. The second-order valence-electron chi connectivity index (χ2n) is 14.7. The van der Waals surface area contributed by atoms with Gasteiger partial charge in [0, 0.05) is 13.1 Å². The van der Waals surface area contributed by atoms with Crippen LogP contribution in [0.25, 0.3) is 0 Å². The number of fused-ring (bicyclic) bond motifs is 2. The Morgan fingerprint density at radius 1 is 0.898 bits per heavy atom. The predicted octanol–water partition coefficient (Wildman–Crippen LogP) is 5.49. The van der Waals surface area contributed by atoms with Gasteiger partial charge in [0.05, 0.1) is 44.9 Å². The Labute approximate surface area is 295 Å². The van der Waals surface area contributed by atoms with Crippen LogP contribution in [0, 0.1) is 0 Å². The highest BCUT2D eigenvalue weighted by Crippen LogP contribution is 2.31. The number of rotatable bonds is 18. The molecule has 3 aliphatic heterocycles. The fourth-order valence-corrected chi connectivity index (χ4v) is 7.14. The minimum absolute atomic E-state index is 0.0535. The summed E-state index contributed by atoms with van der Waals surface area (Å²) in [6, 6.07) is -2.65. The van der Waals surface area contributed by atoms with E-state index < -0.39 is 46.1 Å². The molecule has 3 saturated heterocycles. The van der Waals surface area contributed by atoms with E-state index in [1.54, 1.807) is 25.7 Å². The number of hydrogen-bond acceptors (Lipinski definition) is 9. The second kappa shape index (κ2) is 20.6. The molecule has 3 rings (SSSR count). The fourth-order valence-electron chi connectivity index (χ4n) is 6.76. The lowest BCUT2D eigenvalue weighted by atomic mass is 10.0. The second-order valence-corrected chi connectivity index (χ2v) is 15.7. The lowest BCUT2D eigenvalue weighted by molar-refractivity contribution is -0.929. The van der Waals surface area contributed by atoms with Crippen LogP contribution in [-0.2, 0) is 29.1 Å². The van der Waals surface area contributed by atoms with Crippen molar-refractivity contribution in [3.8, 4) is 0 Å². The number of ether oxygens (including phenoxy) is 1. The highest BCUT2D eigenvalue weighted by Gasteiger charge is 2.49. The minimum Gasteiger partial charge on any atom is -0.724 e. The van der Waals surface area contributed by atoms with Crippen molar-refractivity contribution in [3.05, 3.63) is 0 Å². The molecule has 49 heavy (non-hydrogen) atoms. The number of piperidine rings is 2. The number of hydrogen-bond donors (Lipinski definition) is 1. The van der Waals surface area contributed by atoms with Crippen LogP contribution in [0.2, 0.25) is 0 Å². The third kappa shape index (κ3) is 14.5. The number of likely N-dealkylation sites (tertiary alicyclic amines) is 1. The number of quaternary nitrogens is 1. The van der Waals surface area contributed by atoms with Crippen molar-refractivity contribution >= 4 is 28.4 Å². The molecule has 3 heterocycles. The summed E-state index contributed by atoms with van der Waals surface area (Å²) in [7, 11) is -5.11. The summed E-state index contributed by atoms with van der Waals surface area (Å²) < 4.78 is 43.6. The van der Waals surface area contributed by atoms with E-state index in [0.717, 1.165) is 17.7 Å². The molecule has 0 aromatic heterocycles. The number of nitrogens with one attached hydrogen (secondary N) is 1. The highest BCUT2D eigenvalue weighted by molar-refractivity contribution is 7.80. The topological polar surface area (TPSA) is 158 Å². The molecule has 3 atom stereocenters. The van der Waals surface area contributed by atoms with E-state index >= 15 is 0 Å². The summed E-state index contributed by atoms with van der Waals surface area (Å²) >= 11 is 0. The normalized spacial score (nSPS) is 21.3. The smallest absolute Gasteiger partial charge is 0.410 e. The zero-order chi connectivity index (χ0) is 36.7. The van der Waals surface area contributed by atoms with Crippen molar-refractivity contribution < 1.29 is 45.7 Å². The molecule has 2 bridgehead atoms. The minimum atomic E-state index is -5.11. The first kappa shape index (κ1) is 43.0. The maximum atomic E-state index is 12.6. The zero-order valence-electron chi connectivity index (χ0n) is 31.2. The van der Waals surface area contributed by atoms with E-state index in [2.05, 4.69) is 37.5 Å². The van der Waals surface area contributed by atoms with Crippen LogP contribution < -0.4 is 5.48 Å². The van der Waals surface area contributed by atoms with Gasteiger partial charge in [-0.05, 0) is 78.6 Å². The molecule has 3 fully saturated rings. The number of urea groups is 1. The molecule has 1 N–H and O–H groups in total. The Hall–Kier alpha value is -2.20. The molecule has 0 saturated carbocycles.